The van der Waals surface area contributed by atoms with Gasteiger partial charge < -0.3 is 0 Å². The van der Waals surface area contributed by atoms with Crippen LogP contribution in [0.2, 0.25) is 0 Å². The zero-order valence-electron chi connectivity index (χ0n) is 13.6. The Balaban J connectivity index is 1.90. The topological polar surface area (TPSA) is 124 Å². The summed E-state index contributed by atoms with van der Waals surface area (Å²) in [6, 6.07) is 14.6. The first-order valence-electron chi connectivity index (χ1n) is 7.55. The number of rotatable bonds is 5. The van der Waals surface area contributed by atoms with Crippen LogP contribution in [-0.4, -0.2) is 20.5 Å². The monoisotopic (exact) mass is 351 g/mol. The maximum atomic E-state index is 11.1. The minimum atomic E-state index is -0.700. The molecule has 0 bridgehead atoms. The van der Waals surface area contributed by atoms with Crippen molar-refractivity contribution < 1.29 is 9.85 Å². The Morgan fingerprint density at radius 2 is 1.81 bits per heavy atom. The van der Waals surface area contributed by atoms with Crippen molar-refractivity contribution in [3.63, 3.8) is 0 Å². The van der Waals surface area contributed by atoms with E-state index >= 15 is 0 Å². The third-order valence-corrected chi connectivity index (χ3v) is 3.70. The number of non-ortho nitro benzene ring substituents is 1. The molecule has 2 aromatic carbocycles. The molecule has 0 unspecified atom stereocenters. The van der Waals surface area contributed by atoms with Crippen LogP contribution in [0, 0.1) is 20.2 Å². The average molecular weight is 351 g/mol. The van der Waals surface area contributed by atoms with Crippen LogP contribution in [0.1, 0.15) is 12.6 Å². The number of para-hydroxylation sites is 1. The molecular formula is C17H13N5O4. The first-order chi connectivity index (χ1) is 12.5. The normalized spacial score (nSPS) is 11.3. The van der Waals surface area contributed by atoms with Crippen molar-refractivity contribution in [2.75, 3.05) is 5.43 Å². The van der Waals surface area contributed by atoms with E-state index < -0.39 is 15.5 Å². The summed E-state index contributed by atoms with van der Waals surface area (Å²) in [6.45, 7) is 1.71. The van der Waals surface area contributed by atoms with Crippen molar-refractivity contribution in [1.82, 2.24) is 4.98 Å². The van der Waals surface area contributed by atoms with E-state index in [-0.39, 0.29) is 11.4 Å². The van der Waals surface area contributed by atoms with E-state index in [1.807, 2.05) is 30.3 Å². The third-order valence-electron chi connectivity index (χ3n) is 3.70. The SMILES string of the molecule is C/C(=N\Nc1ccc([N+](=O)[O-])cc1[N+](=O)[O-])c1ccc2ccccc2n1. The number of nitro benzene ring substituents is 2. The second-order valence-corrected chi connectivity index (χ2v) is 5.41. The highest BCUT2D eigenvalue weighted by Gasteiger charge is 2.19. The fraction of sp³-hybridized carbons (Fsp3) is 0.0588. The van der Waals surface area contributed by atoms with Gasteiger partial charge in [-0.2, -0.15) is 5.10 Å². The maximum absolute atomic E-state index is 11.1. The number of fused-ring (bicyclic) bond motifs is 1. The second-order valence-electron chi connectivity index (χ2n) is 5.41. The number of aromatic nitrogens is 1. The number of hydrogen-bond acceptors (Lipinski definition) is 7. The zero-order chi connectivity index (χ0) is 18.7. The molecule has 3 aromatic rings. The minimum Gasteiger partial charge on any atom is -0.271 e. The van der Waals surface area contributed by atoms with E-state index in [2.05, 4.69) is 15.5 Å². The number of pyridine rings is 1. The van der Waals surface area contributed by atoms with Crippen molar-refractivity contribution in [3.05, 3.63) is 80.5 Å². The fourth-order valence-electron chi connectivity index (χ4n) is 2.35. The number of anilines is 1. The lowest BCUT2D eigenvalue weighted by atomic mass is 10.2. The summed E-state index contributed by atoms with van der Waals surface area (Å²) in [5, 5.41) is 27.0. The molecule has 1 aromatic heterocycles. The molecule has 0 aliphatic rings. The molecule has 0 spiro atoms. The molecule has 0 radical (unpaired) electrons. The maximum Gasteiger partial charge on any atom is 0.301 e. The number of benzene rings is 2. The van der Waals surface area contributed by atoms with E-state index in [0.29, 0.717) is 11.4 Å². The Kier molecular flexibility index (Phi) is 4.52. The Morgan fingerprint density at radius 1 is 1.04 bits per heavy atom. The molecule has 26 heavy (non-hydrogen) atoms. The van der Waals surface area contributed by atoms with Gasteiger partial charge >= 0.3 is 5.69 Å². The number of hydrazone groups is 1. The summed E-state index contributed by atoms with van der Waals surface area (Å²) in [7, 11) is 0. The first-order valence-corrected chi connectivity index (χ1v) is 7.55. The lowest BCUT2D eigenvalue weighted by molar-refractivity contribution is -0.393. The van der Waals surface area contributed by atoms with Crippen molar-refractivity contribution >= 4 is 33.7 Å². The molecule has 0 amide bonds. The molecule has 1 heterocycles. The van der Waals surface area contributed by atoms with Crippen molar-refractivity contribution in [2.45, 2.75) is 6.92 Å². The lowest BCUT2D eigenvalue weighted by Crippen LogP contribution is -2.04. The average Bonchev–Trinajstić information content (AvgIpc) is 2.65. The molecule has 0 aliphatic carbocycles. The summed E-state index contributed by atoms with van der Waals surface area (Å²) in [5.41, 5.74) is 3.79. The number of nitrogens with one attached hydrogen (secondary N) is 1. The van der Waals surface area contributed by atoms with Gasteiger partial charge in [0.05, 0.1) is 32.8 Å². The van der Waals surface area contributed by atoms with Gasteiger partial charge in [-0.3, -0.25) is 25.7 Å². The van der Waals surface area contributed by atoms with Crippen molar-refractivity contribution in [2.24, 2.45) is 5.10 Å². The molecule has 1 N–H and O–H groups in total. The second kappa shape index (κ2) is 6.93. The van der Waals surface area contributed by atoms with Crippen LogP contribution >= 0.6 is 0 Å². The minimum absolute atomic E-state index is 0.0562. The molecule has 0 atom stereocenters. The molecule has 0 saturated heterocycles. The quantitative estimate of drug-likeness (QED) is 0.422. The largest absolute Gasteiger partial charge is 0.301 e. The van der Waals surface area contributed by atoms with Crippen LogP contribution < -0.4 is 5.43 Å². The van der Waals surface area contributed by atoms with Crippen molar-refractivity contribution in [3.8, 4) is 0 Å². The van der Waals surface area contributed by atoms with Gasteiger partial charge in [0.1, 0.15) is 5.69 Å². The van der Waals surface area contributed by atoms with Crippen LogP contribution in [0.3, 0.4) is 0 Å². The van der Waals surface area contributed by atoms with E-state index in [4.69, 9.17) is 0 Å². The first kappa shape index (κ1) is 17.0. The smallest absolute Gasteiger partial charge is 0.271 e. The van der Waals surface area contributed by atoms with E-state index in [1.165, 1.54) is 12.1 Å². The Labute approximate surface area is 147 Å². The Hall–Kier alpha value is -3.88. The summed E-state index contributed by atoms with van der Waals surface area (Å²) in [6.07, 6.45) is 0. The summed E-state index contributed by atoms with van der Waals surface area (Å²) < 4.78 is 0. The molecule has 9 nitrogen and oxygen atoms in total. The summed E-state index contributed by atoms with van der Waals surface area (Å²) in [4.78, 5) is 25.0. The fourth-order valence-corrected chi connectivity index (χ4v) is 2.35. The predicted octanol–water partition coefficient (Wildman–Crippen LogP) is 3.89. The van der Waals surface area contributed by atoms with Crippen molar-refractivity contribution in [1.29, 1.82) is 0 Å². The van der Waals surface area contributed by atoms with E-state index in [0.717, 1.165) is 17.0 Å². The Bertz CT molecular complexity index is 1050. The highest BCUT2D eigenvalue weighted by molar-refractivity contribution is 5.99. The lowest BCUT2D eigenvalue weighted by Gasteiger charge is -2.05. The van der Waals surface area contributed by atoms with Gasteiger partial charge in [0.25, 0.3) is 5.69 Å². The third kappa shape index (κ3) is 3.46. The van der Waals surface area contributed by atoms with Gasteiger partial charge in [-0.15, -0.1) is 0 Å². The molecular weight excluding hydrogens is 338 g/mol. The number of nitro groups is 2. The van der Waals surface area contributed by atoms with Gasteiger partial charge in [0.2, 0.25) is 0 Å². The predicted molar refractivity (Wildman–Crippen MR) is 97.3 cm³/mol. The Morgan fingerprint density at radius 3 is 2.54 bits per heavy atom. The van der Waals surface area contributed by atoms with Gasteiger partial charge in [-0.1, -0.05) is 24.3 Å². The van der Waals surface area contributed by atoms with Gasteiger partial charge in [-0.25, -0.2) is 4.98 Å². The van der Waals surface area contributed by atoms with Gasteiger partial charge in [0.15, 0.2) is 0 Å². The van der Waals surface area contributed by atoms with E-state index in [9.17, 15) is 20.2 Å². The highest BCUT2D eigenvalue weighted by Crippen LogP contribution is 2.29. The number of hydrogen-bond donors (Lipinski definition) is 1. The summed E-state index contributed by atoms with van der Waals surface area (Å²) >= 11 is 0. The molecule has 0 saturated carbocycles. The summed E-state index contributed by atoms with van der Waals surface area (Å²) in [5.74, 6) is 0. The van der Waals surface area contributed by atoms with Crippen LogP contribution in [0.5, 0.6) is 0 Å². The molecule has 130 valence electrons. The highest BCUT2D eigenvalue weighted by atomic mass is 16.6. The molecule has 9 heteroatoms. The molecule has 0 aliphatic heterocycles. The van der Waals surface area contributed by atoms with Crippen LogP contribution in [0.4, 0.5) is 17.1 Å². The van der Waals surface area contributed by atoms with Crippen LogP contribution in [0.25, 0.3) is 10.9 Å². The van der Waals surface area contributed by atoms with E-state index in [1.54, 1.807) is 13.0 Å². The molecule has 3 rings (SSSR count). The van der Waals surface area contributed by atoms with Gasteiger partial charge in [0, 0.05) is 11.5 Å². The number of nitrogens with zero attached hydrogens (tertiary/aromatic N) is 4. The standard InChI is InChI=1S/C17H13N5O4/c1-11(14-8-6-12-4-2-3-5-15(12)18-14)19-20-16-9-7-13(21(23)24)10-17(16)22(25)26/h2-10,20H,1H3/b19-11+. The molecule has 0 fully saturated rings. The zero-order valence-corrected chi connectivity index (χ0v) is 13.6. The van der Waals surface area contributed by atoms with Gasteiger partial charge in [-0.05, 0) is 25.1 Å². The van der Waals surface area contributed by atoms with Crippen LogP contribution in [-0.2, 0) is 0 Å². The van der Waals surface area contributed by atoms with Crippen LogP contribution in [0.15, 0.2) is 59.7 Å².